The molecule has 1 amide bonds. The number of rotatable bonds is 8. The third-order valence-corrected chi connectivity index (χ3v) is 4.10. The third kappa shape index (κ3) is 5.61. The second-order valence-corrected chi connectivity index (χ2v) is 6.28. The van der Waals surface area contributed by atoms with Crippen LogP contribution in [-0.2, 0) is 17.8 Å². The monoisotopic (exact) mass is 405 g/mol. The first-order valence-electron chi connectivity index (χ1n) is 8.99. The summed E-state index contributed by atoms with van der Waals surface area (Å²) in [4.78, 5) is 26.9. The Labute approximate surface area is 172 Å². The van der Waals surface area contributed by atoms with Gasteiger partial charge < -0.3 is 10.5 Å². The van der Waals surface area contributed by atoms with E-state index in [-0.39, 0.29) is 30.3 Å². The fourth-order valence-electron chi connectivity index (χ4n) is 2.61. The Balaban J connectivity index is 1.65. The van der Waals surface area contributed by atoms with Crippen molar-refractivity contribution >= 4 is 17.4 Å². The highest BCUT2D eigenvalue weighted by Gasteiger charge is 2.17. The van der Waals surface area contributed by atoms with Gasteiger partial charge in [0.05, 0.1) is 11.3 Å². The van der Waals surface area contributed by atoms with Crippen molar-refractivity contribution < 1.29 is 14.5 Å². The molecule has 0 aliphatic carbocycles. The zero-order valence-electron chi connectivity index (χ0n) is 15.9. The minimum Gasteiger partial charge on any atom is -0.482 e. The molecule has 9 nitrogen and oxygen atoms in total. The Morgan fingerprint density at radius 2 is 1.83 bits per heavy atom. The van der Waals surface area contributed by atoms with Gasteiger partial charge in [-0.05, 0) is 29.3 Å². The number of amides is 1. The summed E-state index contributed by atoms with van der Waals surface area (Å²) in [7, 11) is 0. The van der Waals surface area contributed by atoms with E-state index >= 15 is 0 Å². The Bertz CT molecular complexity index is 1060. The van der Waals surface area contributed by atoms with E-state index in [1.807, 2.05) is 30.3 Å². The number of carbonyl (C=O) groups is 1. The van der Waals surface area contributed by atoms with Crippen LogP contribution in [0.3, 0.4) is 0 Å². The number of pyridine rings is 1. The topological polar surface area (TPSA) is 133 Å². The highest BCUT2D eigenvalue weighted by atomic mass is 16.6. The molecule has 3 rings (SSSR count). The lowest BCUT2D eigenvalue weighted by atomic mass is 10.1. The normalized spacial score (nSPS) is 11.0. The van der Waals surface area contributed by atoms with Gasteiger partial charge in [-0.1, -0.05) is 36.4 Å². The first-order valence-corrected chi connectivity index (χ1v) is 8.99. The van der Waals surface area contributed by atoms with Crippen molar-refractivity contribution in [2.45, 2.75) is 13.0 Å². The van der Waals surface area contributed by atoms with Crippen molar-refractivity contribution in [1.82, 2.24) is 10.4 Å². The number of benzene rings is 2. The van der Waals surface area contributed by atoms with E-state index in [9.17, 15) is 14.9 Å². The smallest absolute Gasteiger partial charge is 0.311 e. The Kier molecular flexibility index (Phi) is 6.67. The molecule has 0 saturated heterocycles. The van der Waals surface area contributed by atoms with Gasteiger partial charge in [0.1, 0.15) is 6.61 Å². The largest absolute Gasteiger partial charge is 0.482 e. The number of aromatic nitrogens is 1. The number of ether oxygens (including phenoxy) is 1. The average molecular weight is 405 g/mol. The predicted octanol–water partition coefficient (Wildman–Crippen LogP) is 2.55. The molecule has 3 aromatic rings. The van der Waals surface area contributed by atoms with Crippen LogP contribution in [0.15, 0.2) is 78.2 Å². The molecule has 9 heteroatoms. The maximum atomic E-state index is 12.1. The lowest BCUT2D eigenvalue weighted by Gasteiger charge is -2.08. The van der Waals surface area contributed by atoms with Crippen LogP contribution >= 0.6 is 0 Å². The minimum absolute atomic E-state index is 0.104. The number of hydrogen-bond donors (Lipinski definition) is 2. The number of hydrazone groups is 1. The Hall–Kier alpha value is -4.27. The first kappa shape index (κ1) is 20.5. The van der Waals surface area contributed by atoms with E-state index in [1.165, 1.54) is 12.1 Å². The first-order chi connectivity index (χ1) is 14.5. The SMILES string of the molecule is N/C(=N\NC(=O)Cc1ccc(OCc2ccccc2)c([N+](=O)[O-])c1)c1ccncc1. The number of amidine groups is 1. The number of nitro benzene ring substituents is 1. The van der Waals surface area contributed by atoms with Crippen molar-refractivity contribution in [1.29, 1.82) is 0 Å². The molecule has 2 aromatic carbocycles. The van der Waals surface area contributed by atoms with Gasteiger partial charge in [0.2, 0.25) is 5.91 Å². The van der Waals surface area contributed by atoms with Crippen molar-refractivity contribution in [3.8, 4) is 5.75 Å². The van der Waals surface area contributed by atoms with E-state index in [0.29, 0.717) is 11.1 Å². The van der Waals surface area contributed by atoms with E-state index in [0.717, 1.165) is 5.56 Å². The molecule has 30 heavy (non-hydrogen) atoms. The van der Waals surface area contributed by atoms with Gasteiger partial charge in [-0.2, -0.15) is 5.10 Å². The lowest BCUT2D eigenvalue weighted by molar-refractivity contribution is -0.386. The molecule has 3 N–H and O–H groups in total. The number of carbonyl (C=O) groups excluding carboxylic acids is 1. The van der Waals surface area contributed by atoms with Crippen LogP contribution < -0.4 is 15.9 Å². The minimum atomic E-state index is -0.540. The summed E-state index contributed by atoms with van der Waals surface area (Å²) in [5.41, 5.74) is 9.88. The van der Waals surface area contributed by atoms with Gasteiger partial charge in [0.25, 0.3) is 0 Å². The highest BCUT2D eigenvalue weighted by Crippen LogP contribution is 2.29. The highest BCUT2D eigenvalue weighted by molar-refractivity contribution is 5.97. The van der Waals surface area contributed by atoms with E-state index < -0.39 is 10.8 Å². The predicted molar refractivity (Wildman–Crippen MR) is 111 cm³/mol. The number of nitrogens with zero attached hydrogens (tertiary/aromatic N) is 3. The van der Waals surface area contributed by atoms with Crippen molar-refractivity contribution in [2.24, 2.45) is 10.8 Å². The maximum Gasteiger partial charge on any atom is 0.311 e. The fraction of sp³-hybridized carbons (Fsp3) is 0.0952. The maximum absolute atomic E-state index is 12.1. The summed E-state index contributed by atoms with van der Waals surface area (Å²) in [6.07, 6.45) is 3.01. The number of nitrogens with one attached hydrogen (secondary N) is 1. The molecule has 152 valence electrons. The standard InChI is InChI=1S/C21H19N5O4/c22-21(17-8-10-23-11-9-17)25-24-20(27)13-16-6-7-19(18(12-16)26(28)29)30-14-15-4-2-1-3-5-15/h1-12H,13-14H2,(H2,22,25)(H,24,27). The zero-order chi connectivity index (χ0) is 21.3. The number of nitrogens with two attached hydrogens (primary N) is 1. The Morgan fingerprint density at radius 1 is 1.10 bits per heavy atom. The molecule has 0 aliphatic rings. The third-order valence-electron chi connectivity index (χ3n) is 4.10. The number of nitro groups is 1. The van der Waals surface area contributed by atoms with E-state index in [2.05, 4.69) is 15.5 Å². The van der Waals surface area contributed by atoms with Gasteiger partial charge in [-0.25, -0.2) is 5.43 Å². The lowest BCUT2D eigenvalue weighted by Crippen LogP contribution is -2.25. The van der Waals surface area contributed by atoms with Crippen LogP contribution in [0.5, 0.6) is 5.75 Å². The summed E-state index contributed by atoms with van der Waals surface area (Å²) < 4.78 is 5.59. The summed E-state index contributed by atoms with van der Waals surface area (Å²) >= 11 is 0. The summed E-state index contributed by atoms with van der Waals surface area (Å²) in [6.45, 7) is 0.199. The van der Waals surface area contributed by atoms with Crippen LogP contribution in [0.2, 0.25) is 0 Å². The molecular formula is C21H19N5O4. The summed E-state index contributed by atoms with van der Waals surface area (Å²) in [6, 6.07) is 17.0. The fourth-order valence-corrected chi connectivity index (χ4v) is 2.61. The van der Waals surface area contributed by atoms with Crippen molar-refractivity contribution in [3.63, 3.8) is 0 Å². The molecule has 0 fully saturated rings. The second-order valence-electron chi connectivity index (χ2n) is 6.28. The Morgan fingerprint density at radius 3 is 2.53 bits per heavy atom. The van der Waals surface area contributed by atoms with E-state index in [1.54, 1.807) is 30.6 Å². The summed E-state index contributed by atoms with van der Waals surface area (Å²) in [5, 5.41) is 15.3. The molecule has 0 aliphatic heterocycles. The van der Waals surface area contributed by atoms with Crippen LogP contribution in [0.4, 0.5) is 5.69 Å². The van der Waals surface area contributed by atoms with Gasteiger partial charge in [-0.3, -0.25) is 19.9 Å². The molecule has 0 spiro atoms. The van der Waals surface area contributed by atoms with Crippen LogP contribution in [0, 0.1) is 10.1 Å². The number of hydrogen-bond acceptors (Lipinski definition) is 6. The molecular weight excluding hydrogens is 386 g/mol. The van der Waals surface area contributed by atoms with Gasteiger partial charge in [0, 0.05) is 24.0 Å². The summed E-state index contributed by atoms with van der Waals surface area (Å²) in [5.74, 6) is -0.200. The second kappa shape index (κ2) is 9.78. The molecule has 0 saturated carbocycles. The molecule has 1 aromatic heterocycles. The van der Waals surface area contributed by atoms with E-state index in [4.69, 9.17) is 10.5 Å². The average Bonchev–Trinajstić information content (AvgIpc) is 2.77. The van der Waals surface area contributed by atoms with Crippen LogP contribution in [-0.4, -0.2) is 21.7 Å². The van der Waals surface area contributed by atoms with Gasteiger partial charge in [-0.15, -0.1) is 0 Å². The molecule has 0 bridgehead atoms. The van der Waals surface area contributed by atoms with Crippen LogP contribution in [0.25, 0.3) is 0 Å². The quantitative estimate of drug-likeness (QED) is 0.256. The van der Waals surface area contributed by atoms with Crippen molar-refractivity contribution in [3.05, 3.63) is 99.9 Å². The molecule has 0 radical (unpaired) electrons. The van der Waals surface area contributed by atoms with Crippen molar-refractivity contribution in [2.75, 3.05) is 0 Å². The molecule has 0 unspecified atom stereocenters. The van der Waals surface area contributed by atoms with Gasteiger partial charge >= 0.3 is 5.69 Å². The zero-order valence-corrected chi connectivity index (χ0v) is 15.9. The molecule has 1 heterocycles. The van der Waals surface area contributed by atoms with Gasteiger partial charge in [0.15, 0.2) is 11.6 Å². The molecule has 0 atom stereocenters. The van der Waals surface area contributed by atoms with Crippen LogP contribution in [0.1, 0.15) is 16.7 Å².